The minimum Gasteiger partial charge on any atom is -0.387 e. The Balaban J connectivity index is 1.80. The molecule has 0 spiro atoms. The second-order valence-corrected chi connectivity index (χ2v) is 11.6. The molecule has 1 saturated heterocycles. The number of aliphatic hydroxyl groups is 2. The summed E-state index contributed by atoms with van der Waals surface area (Å²) in [5.74, 6) is 0.0212. The number of anilines is 1. The third kappa shape index (κ3) is 4.72. The van der Waals surface area contributed by atoms with Crippen LogP contribution in [0, 0.1) is 0 Å². The Kier molecular flexibility index (Phi) is 6.43. The maximum absolute atomic E-state index is 12.1. The van der Waals surface area contributed by atoms with Crippen molar-refractivity contribution in [1.29, 1.82) is 0 Å². The van der Waals surface area contributed by atoms with Crippen LogP contribution in [0.2, 0.25) is 0 Å². The van der Waals surface area contributed by atoms with Crippen molar-refractivity contribution in [1.82, 2.24) is 23.7 Å². The van der Waals surface area contributed by atoms with E-state index in [-0.39, 0.29) is 17.0 Å². The molecular formula is C10H17N6O12P3. The van der Waals surface area contributed by atoms with E-state index in [2.05, 4.69) is 19.5 Å². The fourth-order valence-corrected chi connectivity index (χ4v) is 7.15. The molecule has 21 heteroatoms. The molecule has 174 valence electrons. The Morgan fingerprint density at radius 2 is 1.68 bits per heavy atom. The molecule has 0 radical (unpaired) electrons. The van der Waals surface area contributed by atoms with Gasteiger partial charge in [0.05, 0.1) is 12.9 Å². The highest BCUT2D eigenvalue weighted by atomic mass is 31.3. The lowest BCUT2D eigenvalue weighted by atomic mass is 10.1. The zero-order chi connectivity index (χ0) is 23.4. The number of rotatable bonds is 7. The molecule has 3 heterocycles. The van der Waals surface area contributed by atoms with Gasteiger partial charge >= 0.3 is 23.2 Å². The van der Waals surface area contributed by atoms with E-state index in [0.717, 1.165) is 6.33 Å². The summed E-state index contributed by atoms with van der Waals surface area (Å²) < 4.78 is 44.3. The van der Waals surface area contributed by atoms with Crippen molar-refractivity contribution in [3.8, 4) is 0 Å². The first-order valence-electron chi connectivity index (χ1n) is 7.99. The normalized spacial score (nSPS) is 27.1. The van der Waals surface area contributed by atoms with Gasteiger partial charge in [-0.05, 0) is 4.21 Å². The highest BCUT2D eigenvalue weighted by molar-refractivity contribution is 7.79. The lowest BCUT2D eigenvalue weighted by molar-refractivity contribution is -0.0491. The van der Waals surface area contributed by atoms with Crippen LogP contribution in [0.1, 0.15) is 6.23 Å². The minimum atomic E-state index is -5.95. The van der Waals surface area contributed by atoms with E-state index in [0.29, 0.717) is 0 Å². The molecule has 2 aromatic heterocycles. The number of fused-ring (bicyclic) bond motifs is 1. The molecule has 5 atom stereocenters. The van der Waals surface area contributed by atoms with Crippen molar-refractivity contribution in [2.45, 2.75) is 24.5 Å². The van der Waals surface area contributed by atoms with Crippen LogP contribution < -0.4 is 5.73 Å². The van der Waals surface area contributed by atoms with Gasteiger partial charge in [0.2, 0.25) is 0 Å². The first kappa shape index (κ1) is 24.3. The lowest BCUT2D eigenvalue weighted by Crippen LogP contribution is -2.34. The molecule has 0 bridgehead atoms. The second kappa shape index (κ2) is 8.20. The number of nitrogens with two attached hydrogens (primary N) is 1. The van der Waals surface area contributed by atoms with Crippen molar-refractivity contribution in [3.63, 3.8) is 0 Å². The maximum Gasteiger partial charge on any atom is 0.425 e. The summed E-state index contributed by atoms with van der Waals surface area (Å²) in [5, 5.41) is 20.5. The number of nitrogens with zero attached hydrogens (tertiary/aromatic N) is 5. The Morgan fingerprint density at radius 3 is 2.26 bits per heavy atom. The third-order valence-corrected chi connectivity index (χ3v) is 10.1. The number of aromatic nitrogens is 4. The summed E-state index contributed by atoms with van der Waals surface area (Å²) in [4.78, 5) is 57.4. The van der Waals surface area contributed by atoms with Crippen molar-refractivity contribution in [3.05, 3.63) is 12.7 Å². The van der Waals surface area contributed by atoms with Crippen LogP contribution in [0.5, 0.6) is 0 Å². The van der Waals surface area contributed by atoms with Crippen molar-refractivity contribution in [2.24, 2.45) is 0 Å². The molecule has 18 nitrogen and oxygen atoms in total. The highest BCUT2D eigenvalue weighted by Crippen LogP contribution is 2.73. The number of hydrogen-bond acceptors (Lipinski definition) is 11. The number of aliphatic hydroxyl groups excluding tert-OH is 2. The van der Waals surface area contributed by atoms with Crippen LogP contribution in [0.3, 0.4) is 0 Å². The first-order valence-corrected chi connectivity index (χ1v) is 12.6. The van der Waals surface area contributed by atoms with Crippen LogP contribution in [0.4, 0.5) is 5.82 Å². The predicted molar refractivity (Wildman–Crippen MR) is 97.4 cm³/mol. The van der Waals surface area contributed by atoms with Gasteiger partial charge in [-0.25, -0.2) is 28.6 Å². The number of hydrogen-bond donors (Lipinski definition) is 8. The Bertz CT molecular complexity index is 1090. The average Bonchev–Trinajstić information content (AvgIpc) is 3.13. The summed E-state index contributed by atoms with van der Waals surface area (Å²) in [7, 11) is -17.7. The van der Waals surface area contributed by atoms with E-state index in [9.17, 15) is 28.8 Å². The summed E-state index contributed by atoms with van der Waals surface area (Å²) in [6.07, 6.45) is -4.04. The van der Waals surface area contributed by atoms with E-state index in [1.54, 1.807) is 0 Å². The summed E-state index contributed by atoms with van der Waals surface area (Å²) in [5.41, 5.74) is 5.94. The van der Waals surface area contributed by atoms with Crippen LogP contribution in [-0.2, 0) is 23.0 Å². The van der Waals surface area contributed by atoms with Gasteiger partial charge in [-0.3, -0.25) is 9.09 Å². The fraction of sp³-hybridized carbons (Fsp3) is 0.500. The summed E-state index contributed by atoms with van der Waals surface area (Å²) in [6, 6.07) is 0. The Hall–Kier alpha value is -1.36. The van der Waals surface area contributed by atoms with Crippen molar-refractivity contribution >= 4 is 40.2 Å². The third-order valence-electron chi connectivity index (χ3n) is 4.10. The summed E-state index contributed by atoms with van der Waals surface area (Å²) >= 11 is 0. The van der Waals surface area contributed by atoms with Gasteiger partial charge in [-0.2, -0.15) is 0 Å². The molecular weight excluding hydrogens is 489 g/mol. The van der Waals surface area contributed by atoms with Gasteiger partial charge in [0, 0.05) is 0 Å². The molecule has 1 fully saturated rings. The lowest BCUT2D eigenvalue weighted by Gasteiger charge is -2.27. The molecule has 0 aliphatic carbocycles. The molecule has 1 aliphatic heterocycles. The first-order chi connectivity index (χ1) is 14.1. The number of nitrogen functional groups attached to an aromatic ring is 1. The van der Waals surface area contributed by atoms with Crippen molar-refractivity contribution in [2.75, 3.05) is 12.3 Å². The van der Waals surface area contributed by atoms with Crippen LogP contribution in [-0.4, -0.2) is 83.3 Å². The highest BCUT2D eigenvalue weighted by Gasteiger charge is 2.54. The zero-order valence-electron chi connectivity index (χ0n) is 15.0. The van der Waals surface area contributed by atoms with Gasteiger partial charge in [-0.1, -0.05) is 0 Å². The molecule has 0 saturated carbocycles. The largest absolute Gasteiger partial charge is 0.425 e. The Morgan fingerprint density at radius 1 is 1.06 bits per heavy atom. The van der Waals surface area contributed by atoms with Gasteiger partial charge in [0.1, 0.15) is 30.2 Å². The van der Waals surface area contributed by atoms with Gasteiger partial charge in [0.25, 0.3) is 0 Å². The number of ether oxygens (including phenoxy) is 1. The minimum absolute atomic E-state index is 0.0212. The average molecular weight is 506 g/mol. The molecule has 0 amide bonds. The predicted octanol–water partition coefficient (Wildman–Crippen LogP) is -2.37. The summed E-state index contributed by atoms with van der Waals surface area (Å²) in [6.45, 7) is -1.09. The van der Waals surface area contributed by atoms with E-state index in [4.69, 9.17) is 30.0 Å². The molecule has 1 aliphatic rings. The topological polar surface area (TPSA) is 284 Å². The van der Waals surface area contributed by atoms with Crippen LogP contribution in [0.15, 0.2) is 12.7 Å². The molecule has 1 unspecified atom stereocenters. The van der Waals surface area contributed by atoms with Crippen molar-refractivity contribution < 1.29 is 57.6 Å². The van der Waals surface area contributed by atoms with Crippen LogP contribution in [0.25, 0.3) is 11.2 Å². The quantitative estimate of drug-likeness (QED) is 0.182. The van der Waals surface area contributed by atoms with Gasteiger partial charge in [-0.15, -0.1) is 0 Å². The van der Waals surface area contributed by atoms with E-state index >= 15 is 0 Å². The molecule has 9 N–H and O–H groups in total. The molecule has 3 rings (SSSR count). The Labute approximate surface area is 171 Å². The SMILES string of the molecule is Nc1ncnc2c1ncn2[C@@H]1O[C@H](COP(=O)(O)N(P(=O)(O)O)P(=O)(O)O)[C@@H](O)[C@H]1O. The monoisotopic (exact) mass is 506 g/mol. The standard InChI is InChI=1S/C10H17N6O12P3/c11-8-5-9(13-2-12-8)15(3-14-5)10-7(18)6(17)4(28-10)1-27-31(25,26)16(29(19,20)21)30(22,23)24/h2-4,6-7,10,17-18H,1H2,(H,25,26)(H2,11,12,13)(H2,19,20,21)(H2,22,23,24)/t4-,6-,7-,10-/m1/s1. The maximum atomic E-state index is 12.1. The molecule has 0 aromatic carbocycles. The van der Waals surface area contributed by atoms with E-state index in [1.165, 1.54) is 10.9 Å². The zero-order valence-corrected chi connectivity index (χ0v) is 17.7. The smallest absolute Gasteiger partial charge is 0.387 e. The van der Waals surface area contributed by atoms with E-state index in [1.807, 2.05) is 0 Å². The van der Waals surface area contributed by atoms with Gasteiger partial charge < -0.3 is 45.2 Å². The van der Waals surface area contributed by atoms with Gasteiger partial charge in [0.15, 0.2) is 17.7 Å². The van der Waals surface area contributed by atoms with E-state index < -0.39 is 58.6 Å². The molecule has 2 aromatic rings. The molecule has 31 heavy (non-hydrogen) atoms. The fourth-order valence-electron chi connectivity index (χ4n) is 2.82. The van der Waals surface area contributed by atoms with Crippen LogP contribution >= 0.6 is 23.2 Å². The second-order valence-electron chi connectivity index (χ2n) is 6.21. The number of imidazole rings is 1.